The van der Waals surface area contributed by atoms with Gasteiger partial charge in [0.25, 0.3) is 11.6 Å². The second kappa shape index (κ2) is 6.44. The summed E-state index contributed by atoms with van der Waals surface area (Å²) in [6.45, 7) is 0.183. The van der Waals surface area contributed by atoms with E-state index in [1.807, 2.05) is 5.43 Å². The summed E-state index contributed by atoms with van der Waals surface area (Å²) in [5.41, 5.74) is 2.96. The lowest BCUT2D eigenvalue weighted by atomic mass is 10.2. The number of nitrogens with zero attached hydrogens (tertiary/aromatic N) is 2. The number of carbonyl (C=O) groups is 1. The standard InChI is InChI=1S/C13H12N4O4/c14-16-13(18)9-1-2-10(15-7-9)8-21-12-5-3-11(4-6-12)17(19)20/h1-7H,8,14H2,(H,16,18). The molecule has 0 unspecified atom stereocenters. The first-order valence-corrected chi connectivity index (χ1v) is 5.93. The van der Waals surface area contributed by atoms with E-state index in [1.54, 1.807) is 12.1 Å². The molecule has 8 heteroatoms. The summed E-state index contributed by atoms with van der Waals surface area (Å²) in [6.07, 6.45) is 1.39. The van der Waals surface area contributed by atoms with Crippen LogP contribution in [0, 0.1) is 10.1 Å². The normalized spacial score (nSPS) is 9.95. The van der Waals surface area contributed by atoms with Crippen molar-refractivity contribution in [2.24, 2.45) is 5.84 Å². The number of carbonyl (C=O) groups excluding carboxylic acids is 1. The molecule has 0 saturated carbocycles. The number of rotatable bonds is 5. The lowest BCUT2D eigenvalue weighted by molar-refractivity contribution is -0.384. The summed E-state index contributed by atoms with van der Waals surface area (Å²) in [6, 6.07) is 8.94. The van der Waals surface area contributed by atoms with Crippen LogP contribution < -0.4 is 16.0 Å². The van der Waals surface area contributed by atoms with Crippen molar-refractivity contribution in [1.29, 1.82) is 0 Å². The number of hydrazine groups is 1. The van der Waals surface area contributed by atoms with Crippen molar-refractivity contribution in [2.75, 3.05) is 0 Å². The van der Waals surface area contributed by atoms with E-state index in [0.29, 0.717) is 17.0 Å². The van der Waals surface area contributed by atoms with E-state index in [9.17, 15) is 14.9 Å². The maximum atomic E-state index is 11.2. The van der Waals surface area contributed by atoms with Gasteiger partial charge in [-0.1, -0.05) is 0 Å². The maximum absolute atomic E-state index is 11.2. The minimum Gasteiger partial charge on any atom is -0.487 e. The predicted octanol–water partition coefficient (Wildman–Crippen LogP) is 1.17. The number of nitrogens with two attached hydrogens (primary N) is 1. The Bertz CT molecular complexity index is 640. The number of hydrogen-bond acceptors (Lipinski definition) is 6. The van der Waals surface area contributed by atoms with Crippen molar-refractivity contribution < 1.29 is 14.5 Å². The smallest absolute Gasteiger partial charge is 0.269 e. The molecule has 1 heterocycles. The Morgan fingerprint density at radius 1 is 1.29 bits per heavy atom. The van der Waals surface area contributed by atoms with Crippen molar-refractivity contribution in [1.82, 2.24) is 10.4 Å². The molecule has 0 atom stereocenters. The van der Waals surface area contributed by atoms with Gasteiger partial charge in [-0.05, 0) is 24.3 Å². The van der Waals surface area contributed by atoms with E-state index in [-0.39, 0.29) is 12.3 Å². The summed E-state index contributed by atoms with van der Waals surface area (Å²) in [5, 5.41) is 10.5. The number of pyridine rings is 1. The molecule has 0 aliphatic heterocycles. The quantitative estimate of drug-likeness (QED) is 0.369. The Morgan fingerprint density at radius 2 is 2.00 bits per heavy atom. The molecular weight excluding hydrogens is 276 g/mol. The van der Waals surface area contributed by atoms with Gasteiger partial charge in [0.05, 0.1) is 16.2 Å². The highest BCUT2D eigenvalue weighted by molar-refractivity contribution is 5.93. The number of aromatic nitrogens is 1. The molecule has 108 valence electrons. The van der Waals surface area contributed by atoms with E-state index in [4.69, 9.17) is 10.6 Å². The number of benzene rings is 1. The molecule has 0 aliphatic carbocycles. The zero-order valence-electron chi connectivity index (χ0n) is 10.9. The number of hydrogen-bond donors (Lipinski definition) is 2. The molecule has 0 radical (unpaired) electrons. The van der Waals surface area contributed by atoms with Crippen LogP contribution in [-0.4, -0.2) is 15.8 Å². The third-order valence-electron chi connectivity index (χ3n) is 2.65. The van der Waals surface area contributed by atoms with E-state index in [1.165, 1.54) is 30.5 Å². The number of nitrogens with one attached hydrogen (secondary N) is 1. The Morgan fingerprint density at radius 3 is 2.52 bits per heavy atom. The van der Waals surface area contributed by atoms with Crippen molar-refractivity contribution in [3.8, 4) is 5.75 Å². The molecule has 3 N–H and O–H groups in total. The van der Waals surface area contributed by atoms with Gasteiger partial charge in [0.1, 0.15) is 12.4 Å². The largest absolute Gasteiger partial charge is 0.487 e. The van der Waals surface area contributed by atoms with Crippen molar-refractivity contribution in [2.45, 2.75) is 6.61 Å². The molecular formula is C13H12N4O4. The van der Waals surface area contributed by atoms with Crippen LogP contribution in [0.2, 0.25) is 0 Å². The predicted molar refractivity (Wildman–Crippen MR) is 73.3 cm³/mol. The first-order chi connectivity index (χ1) is 10.1. The van der Waals surface area contributed by atoms with Crippen LogP contribution in [0.1, 0.15) is 16.1 Å². The van der Waals surface area contributed by atoms with Gasteiger partial charge in [-0.15, -0.1) is 0 Å². The van der Waals surface area contributed by atoms with Gasteiger partial charge < -0.3 is 4.74 Å². The van der Waals surface area contributed by atoms with Crippen LogP contribution in [-0.2, 0) is 6.61 Å². The summed E-state index contributed by atoms with van der Waals surface area (Å²) >= 11 is 0. The van der Waals surface area contributed by atoms with Gasteiger partial charge in [-0.3, -0.25) is 25.3 Å². The molecule has 0 aliphatic rings. The maximum Gasteiger partial charge on any atom is 0.269 e. The first kappa shape index (κ1) is 14.4. The molecule has 1 amide bonds. The summed E-state index contributed by atoms with van der Waals surface area (Å²) < 4.78 is 5.44. The number of nitrogen functional groups attached to an aromatic ring is 1. The lowest BCUT2D eigenvalue weighted by Gasteiger charge is -2.06. The lowest BCUT2D eigenvalue weighted by Crippen LogP contribution is -2.30. The molecule has 2 rings (SSSR count). The van der Waals surface area contributed by atoms with Crippen LogP contribution in [0.4, 0.5) is 5.69 Å². The number of nitro benzene ring substituents is 1. The number of ether oxygens (including phenoxy) is 1. The van der Waals surface area contributed by atoms with Crippen LogP contribution in [0.15, 0.2) is 42.6 Å². The number of non-ortho nitro benzene ring substituents is 1. The fourth-order valence-corrected chi connectivity index (χ4v) is 1.55. The van der Waals surface area contributed by atoms with E-state index < -0.39 is 10.8 Å². The monoisotopic (exact) mass is 288 g/mol. The SMILES string of the molecule is NNC(=O)c1ccc(COc2ccc([N+](=O)[O-])cc2)nc1. The molecule has 8 nitrogen and oxygen atoms in total. The van der Waals surface area contributed by atoms with Crippen molar-refractivity contribution in [3.63, 3.8) is 0 Å². The van der Waals surface area contributed by atoms with Gasteiger partial charge >= 0.3 is 0 Å². The Hall–Kier alpha value is -3.00. The summed E-state index contributed by atoms with van der Waals surface area (Å²) in [4.78, 5) is 25.3. The van der Waals surface area contributed by atoms with Gasteiger partial charge in [0, 0.05) is 18.3 Å². The van der Waals surface area contributed by atoms with Gasteiger partial charge in [0.2, 0.25) is 0 Å². The Labute approximate surface area is 119 Å². The van der Waals surface area contributed by atoms with Gasteiger partial charge in [0.15, 0.2) is 0 Å². The summed E-state index contributed by atoms with van der Waals surface area (Å²) in [7, 11) is 0. The van der Waals surface area contributed by atoms with Gasteiger partial charge in [-0.2, -0.15) is 0 Å². The first-order valence-electron chi connectivity index (χ1n) is 5.93. The number of amides is 1. The number of nitro groups is 1. The van der Waals surface area contributed by atoms with Crippen molar-refractivity contribution in [3.05, 3.63) is 64.0 Å². The van der Waals surface area contributed by atoms with Gasteiger partial charge in [-0.25, -0.2) is 5.84 Å². The highest BCUT2D eigenvalue weighted by atomic mass is 16.6. The second-order valence-electron chi connectivity index (χ2n) is 4.05. The molecule has 1 aromatic carbocycles. The molecule has 21 heavy (non-hydrogen) atoms. The van der Waals surface area contributed by atoms with E-state index in [2.05, 4.69) is 4.98 Å². The zero-order valence-corrected chi connectivity index (χ0v) is 10.9. The molecule has 0 spiro atoms. The highest BCUT2D eigenvalue weighted by Gasteiger charge is 2.06. The average molecular weight is 288 g/mol. The third kappa shape index (κ3) is 3.74. The average Bonchev–Trinajstić information content (AvgIpc) is 2.53. The third-order valence-corrected chi connectivity index (χ3v) is 2.65. The fraction of sp³-hybridized carbons (Fsp3) is 0.0769. The van der Waals surface area contributed by atoms with Crippen LogP contribution in [0.3, 0.4) is 0 Å². The second-order valence-corrected chi connectivity index (χ2v) is 4.05. The minimum atomic E-state index is -0.480. The minimum absolute atomic E-state index is 0.00220. The Kier molecular flexibility index (Phi) is 4.42. The zero-order chi connectivity index (χ0) is 15.2. The van der Waals surface area contributed by atoms with Crippen LogP contribution in [0.5, 0.6) is 5.75 Å². The molecule has 0 bridgehead atoms. The topological polar surface area (TPSA) is 120 Å². The molecule has 2 aromatic rings. The van der Waals surface area contributed by atoms with E-state index >= 15 is 0 Å². The molecule has 1 aromatic heterocycles. The summed E-state index contributed by atoms with van der Waals surface area (Å²) in [5.74, 6) is 5.08. The van der Waals surface area contributed by atoms with Crippen molar-refractivity contribution >= 4 is 11.6 Å². The van der Waals surface area contributed by atoms with Crippen LogP contribution in [0.25, 0.3) is 0 Å². The fourth-order valence-electron chi connectivity index (χ4n) is 1.55. The highest BCUT2D eigenvalue weighted by Crippen LogP contribution is 2.18. The Balaban J connectivity index is 1.96. The molecule has 0 fully saturated rings. The molecule has 0 saturated heterocycles. The van der Waals surface area contributed by atoms with E-state index in [0.717, 1.165) is 0 Å². The van der Waals surface area contributed by atoms with Crippen LogP contribution >= 0.6 is 0 Å².